The fourth-order valence-electron chi connectivity index (χ4n) is 2.83. The van der Waals surface area contributed by atoms with Gasteiger partial charge in [-0.1, -0.05) is 6.42 Å². The van der Waals surface area contributed by atoms with Crippen LogP contribution in [0, 0.1) is 0 Å². The van der Waals surface area contributed by atoms with Crippen LogP contribution in [0.15, 0.2) is 16.9 Å². The lowest BCUT2D eigenvalue weighted by molar-refractivity contribution is 0.0940. The highest BCUT2D eigenvalue weighted by molar-refractivity contribution is 5.91. The molecule has 1 aliphatic rings. The van der Waals surface area contributed by atoms with E-state index in [1.807, 2.05) is 0 Å². The van der Waals surface area contributed by atoms with E-state index in [1.54, 1.807) is 7.11 Å². The molecular weight excluding hydrogens is 324 g/mol. The molecule has 0 fully saturated rings. The molecule has 3 rings (SSSR count). The molecule has 0 aliphatic carbocycles. The summed E-state index contributed by atoms with van der Waals surface area (Å²) in [5, 5.41) is 15.3. The van der Waals surface area contributed by atoms with Gasteiger partial charge in [-0.15, -0.1) is 10.2 Å². The normalized spacial score (nSPS) is 14.0. The molecule has 0 radical (unpaired) electrons. The van der Waals surface area contributed by atoms with Crippen LogP contribution in [-0.2, 0) is 30.8 Å². The van der Waals surface area contributed by atoms with Gasteiger partial charge in [-0.05, 0) is 18.9 Å². The van der Waals surface area contributed by atoms with Crippen LogP contribution in [0.4, 0.5) is 0 Å². The molecule has 0 saturated heterocycles. The summed E-state index contributed by atoms with van der Waals surface area (Å²) in [6.45, 7) is 1.82. The monoisotopic (exact) mass is 346 g/mol. The topological polar surface area (TPSA) is 104 Å². The molecule has 9 nitrogen and oxygen atoms in total. The number of aryl methyl sites for hydroxylation is 1. The Hall–Kier alpha value is -2.55. The van der Waals surface area contributed by atoms with Gasteiger partial charge in [0.15, 0.2) is 5.82 Å². The summed E-state index contributed by atoms with van der Waals surface area (Å²) >= 11 is 0. The second-order valence-corrected chi connectivity index (χ2v) is 5.95. The number of carbonyl (C=O) groups is 1. The molecule has 2 aromatic heterocycles. The molecule has 134 valence electrons. The van der Waals surface area contributed by atoms with Crippen molar-refractivity contribution in [3.8, 4) is 0 Å². The van der Waals surface area contributed by atoms with Gasteiger partial charge < -0.3 is 14.6 Å². The smallest absolute Gasteiger partial charge is 0.272 e. The van der Waals surface area contributed by atoms with Gasteiger partial charge in [0.1, 0.15) is 11.5 Å². The average molecular weight is 346 g/mol. The van der Waals surface area contributed by atoms with Crippen molar-refractivity contribution in [3.05, 3.63) is 39.8 Å². The molecule has 1 aliphatic heterocycles. The first-order chi connectivity index (χ1) is 12.2. The molecule has 0 spiro atoms. The molecule has 25 heavy (non-hydrogen) atoms. The highest BCUT2D eigenvalue weighted by Crippen LogP contribution is 2.14. The maximum atomic E-state index is 12.3. The molecular formula is C16H22N6O3. The number of nitrogens with one attached hydrogen (secondary N) is 1. The number of hydrogen-bond donors (Lipinski definition) is 1. The Kier molecular flexibility index (Phi) is 5.54. The van der Waals surface area contributed by atoms with Crippen LogP contribution in [0.2, 0.25) is 0 Å². The van der Waals surface area contributed by atoms with E-state index in [2.05, 4.69) is 25.2 Å². The van der Waals surface area contributed by atoms with Crippen LogP contribution in [0.25, 0.3) is 0 Å². The quantitative estimate of drug-likeness (QED) is 0.798. The number of fused-ring (bicyclic) bond motifs is 1. The first-order valence-corrected chi connectivity index (χ1v) is 8.45. The number of ether oxygens (including phenoxy) is 1. The predicted molar refractivity (Wildman–Crippen MR) is 89.1 cm³/mol. The van der Waals surface area contributed by atoms with E-state index in [0.717, 1.165) is 37.5 Å². The molecule has 0 bridgehead atoms. The van der Waals surface area contributed by atoms with E-state index in [4.69, 9.17) is 4.74 Å². The van der Waals surface area contributed by atoms with Gasteiger partial charge in [-0.25, -0.2) is 4.68 Å². The van der Waals surface area contributed by atoms with E-state index in [9.17, 15) is 9.59 Å². The van der Waals surface area contributed by atoms with Crippen LogP contribution in [-0.4, -0.2) is 44.2 Å². The highest BCUT2D eigenvalue weighted by Gasteiger charge is 2.16. The lowest BCUT2D eigenvalue weighted by atomic mass is 10.2. The summed E-state index contributed by atoms with van der Waals surface area (Å²) in [6, 6.07) is 2.76. The second-order valence-electron chi connectivity index (χ2n) is 5.95. The zero-order valence-electron chi connectivity index (χ0n) is 14.3. The maximum Gasteiger partial charge on any atom is 0.272 e. The first kappa shape index (κ1) is 17.3. The van der Waals surface area contributed by atoms with Crippen LogP contribution in [0.5, 0.6) is 0 Å². The largest absolute Gasteiger partial charge is 0.383 e. The first-order valence-electron chi connectivity index (χ1n) is 8.45. The van der Waals surface area contributed by atoms with Gasteiger partial charge in [0.2, 0.25) is 0 Å². The van der Waals surface area contributed by atoms with E-state index < -0.39 is 0 Å². The summed E-state index contributed by atoms with van der Waals surface area (Å²) in [4.78, 5) is 24.1. The Balaban J connectivity index is 1.67. The molecule has 1 N–H and O–H groups in total. The lowest BCUT2D eigenvalue weighted by Crippen LogP contribution is -2.30. The fourth-order valence-corrected chi connectivity index (χ4v) is 2.83. The second kappa shape index (κ2) is 8.02. The lowest BCUT2D eigenvalue weighted by Gasteiger charge is -2.09. The van der Waals surface area contributed by atoms with Crippen molar-refractivity contribution in [2.75, 3.05) is 13.7 Å². The Bertz CT molecular complexity index is 797. The number of nitrogens with zero attached hydrogens (tertiary/aromatic N) is 5. The molecule has 0 atom stereocenters. The summed E-state index contributed by atoms with van der Waals surface area (Å²) < 4.78 is 8.25. The maximum absolute atomic E-state index is 12.3. The third kappa shape index (κ3) is 4.11. The molecule has 1 amide bonds. The summed E-state index contributed by atoms with van der Waals surface area (Å²) in [6.07, 6.45) is 4.32. The Morgan fingerprint density at radius 3 is 3.00 bits per heavy atom. The Labute approximate surface area is 145 Å². The minimum Gasteiger partial charge on any atom is -0.383 e. The van der Waals surface area contributed by atoms with E-state index in [-0.39, 0.29) is 23.7 Å². The van der Waals surface area contributed by atoms with Crippen LogP contribution < -0.4 is 10.9 Å². The Morgan fingerprint density at radius 2 is 2.16 bits per heavy atom. The number of carbonyl (C=O) groups excluding carboxylic acids is 1. The molecule has 3 heterocycles. The van der Waals surface area contributed by atoms with Crippen molar-refractivity contribution in [3.63, 3.8) is 0 Å². The molecule has 9 heteroatoms. The molecule has 0 unspecified atom stereocenters. The number of rotatable bonds is 6. The van der Waals surface area contributed by atoms with Gasteiger partial charge in [0.05, 0.1) is 19.7 Å². The van der Waals surface area contributed by atoms with Gasteiger partial charge >= 0.3 is 0 Å². The average Bonchev–Trinajstić information content (AvgIpc) is 2.85. The van der Waals surface area contributed by atoms with Gasteiger partial charge in [0.25, 0.3) is 11.5 Å². The summed E-state index contributed by atoms with van der Waals surface area (Å²) in [7, 11) is 1.54. The molecule has 2 aromatic rings. The van der Waals surface area contributed by atoms with E-state index in [0.29, 0.717) is 13.2 Å². The van der Waals surface area contributed by atoms with Crippen molar-refractivity contribution in [2.24, 2.45) is 0 Å². The highest BCUT2D eigenvalue weighted by atomic mass is 16.5. The number of hydrogen-bond acceptors (Lipinski definition) is 6. The van der Waals surface area contributed by atoms with Crippen molar-refractivity contribution >= 4 is 5.91 Å². The SMILES string of the molecule is COCCn1nc(C(=O)NCc2nnc3n2CCCCC3)ccc1=O. The van der Waals surface area contributed by atoms with Gasteiger partial charge in [-0.3, -0.25) is 9.59 Å². The standard InChI is InChI=1S/C16H22N6O3/c1-25-10-9-22-15(23)7-6-12(20-22)16(24)17-11-14-19-18-13-5-3-2-4-8-21(13)14/h6-7H,2-5,8-11H2,1H3,(H,17,24). The van der Waals surface area contributed by atoms with Crippen LogP contribution in [0.3, 0.4) is 0 Å². The summed E-state index contributed by atoms with van der Waals surface area (Å²) in [5.74, 6) is 1.38. The summed E-state index contributed by atoms with van der Waals surface area (Å²) in [5.41, 5.74) is -0.0808. The fraction of sp³-hybridized carbons (Fsp3) is 0.562. The van der Waals surface area contributed by atoms with E-state index in [1.165, 1.54) is 23.2 Å². The number of methoxy groups -OCH3 is 1. The van der Waals surface area contributed by atoms with Crippen molar-refractivity contribution in [1.82, 2.24) is 29.9 Å². The zero-order valence-corrected chi connectivity index (χ0v) is 14.3. The molecule has 0 aromatic carbocycles. The number of aromatic nitrogens is 5. The minimum absolute atomic E-state index is 0.186. The third-order valence-electron chi connectivity index (χ3n) is 4.20. The predicted octanol–water partition coefficient (Wildman–Crippen LogP) is 0.138. The van der Waals surface area contributed by atoms with Gasteiger partial charge in [0, 0.05) is 26.1 Å². The third-order valence-corrected chi connectivity index (χ3v) is 4.20. The van der Waals surface area contributed by atoms with Crippen LogP contribution >= 0.6 is 0 Å². The Morgan fingerprint density at radius 1 is 1.28 bits per heavy atom. The van der Waals surface area contributed by atoms with Gasteiger partial charge in [-0.2, -0.15) is 5.10 Å². The minimum atomic E-state index is -0.350. The van der Waals surface area contributed by atoms with E-state index >= 15 is 0 Å². The van der Waals surface area contributed by atoms with Crippen LogP contribution in [0.1, 0.15) is 41.4 Å². The van der Waals surface area contributed by atoms with Crippen molar-refractivity contribution < 1.29 is 9.53 Å². The van der Waals surface area contributed by atoms with Crippen molar-refractivity contribution in [2.45, 2.75) is 45.3 Å². The zero-order chi connectivity index (χ0) is 17.6. The van der Waals surface area contributed by atoms with Crippen molar-refractivity contribution in [1.29, 1.82) is 0 Å². The molecule has 0 saturated carbocycles. The number of amides is 1.